The van der Waals surface area contributed by atoms with Crippen molar-refractivity contribution in [3.8, 4) is 28.3 Å². The van der Waals surface area contributed by atoms with Crippen LogP contribution in [0.2, 0.25) is 0 Å². The van der Waals surface area contributed by atoms with Gasteiger partial charge in [0.1, 0.15) is 11.4 Å². The van der Waals surface area contributed by atoms with Gasteiger partial charge < -0.3 is 14.8 Å². The summed E-state index contributed by atoms with van der Waals surface area (Å²) in [6.45, 7) is 0. The van der Waals surface area contributed by atoms with E-state index in [2.05, 4.69) is 10.3 Å². The number of nitrogens with zero attached hydrogens (tertiary/aromatic N) is 1. The minimum absolute atomic E-state index is 0.0275. The molecule has 0 aliphatic heterocycles. The summed E-state index contributed by atoms with van der Waals surface area (Å²) in [6.07, 6.45) is 0. The Morgan fingerprint density at radius 3 is 2.21 bits per heavy atom. The predicted octanol–water partition coefficient (Wildman–Crippen LogP) is 5.45. The lowest BCUT2D eigenvalue weighted by molar-refractivity contribution is -0.113. The average molecular weight is 402 g/mol. The molecule has 1 aromatic heterocycles. The number of carbonyl (C=O) groups excluding carboxylic acids is 1. The van der Waals surface area contributed by atoms with Crippen LogP contribution in [0.15, 0.2) is 94.6 Å². The van der Waals surface area contributed by atoms with Gasteiger partial charge in [0.15, 0.2) is 5.76 Å². The fourth-order valence-electron chi connectivity index (χ4n) is 2.83. The number of carbonyl (C=O) groups is 1. The first-order chi connectivity index (χ1) is 14.2. The van der Waals surface area contributed by atoms with Gasteiger partial charge in [0.05, 0.1) is 11.4 Å². The maximum Gasteiger partial charge on any atom is 0.257 e. The van der Waals surface area contributed by atoms with E-state index >= 15 is 0 Å². The number of amides is 1. The van der Waals surface area contributed by atoms with Crippen molar-refractivity contribution in [2.24, 2.45) is 0 Å². The highest BCUT2D eigenvalue weighted by atomic mass is 32.2. The van der Waals surface area contributed by atoms with E-state index in [1.807, 2.05) is 60.7 Å². The second kappa shape index (κ2) is 8.67. The molecule has 0 radical (unpaired) electrons. The Morgan fingerprint density at radius 2 is 1.52 bits per heavy atom. The van der Waals surface area contributed by atoms with Crippen molar-refractivity contribution < 1.29 is 14.3 Å². The van der Waals surface area contributed by atoms with Crippen molar-refractivity contribution in [1.29, 1.82) is 0 Å². The molecule has 29 heavy (non-hydrogen) atoms. The highest BCUT2D eigenvalue weighted by molar-refractivity contribution is 7.99. The molecule has 0 aliphatic carbocycles. The molecule has 4 aromatic rings. The summed E-state index contributed by atoms with van der Waals surface area (Å²) in [5, 5.41) is 12.9. The number of aromatic hydroxyl groups is 1. The van der Waals surface area contributed by atoms with E-state index in [0.29, 0.717) is 16.7 Å². The lowest BCUT2D eigenvalue weighted by Crippen LogP contribution is -2.14. The van der Waals surface area contributed by atoms with Crippen LogP contribution in [0.25, 0.3) is 22.6 Å². The number of hydrogen-bond donors (Lipinski definition) is 2. The molecular formula is C23H18N2O3S. The number of oxazole rings is 1. The number of anilines is 1. The minimum atomic E-state index is -0.253. The van der Waals surface area contributed by atoms with E-state index in [9.17, 15) is 9.90 Å². The van der Waals surface area contributed by atoms with Crippen LogP contribution in [0.1, 0.15) is 0 Å². The van der Waals surface area contributed by atoms with Gasteiger partial charge in [-0.05, 0) is 12.1 Å². The van der Waals surface area contributed by atoms with Crippen molar-refractivity contribution in [3.63, 3.8) is 0 Å². The zero-order valence-corrected chi connectivity index (χ0v) is 16.2. The third-order valence-electron chi connectivity index (χ3n) is 4.20. The molecule has 144 valence electrons. The van der Waals surface area contributed by atoms with Crippen LogP contribution in [-0.2, 0) is 4.79 Å². The Labute approximate surface area is 172 Å². The highest BCUT2D eigenvalue weighted by Crippen LogP contribution is 2.35. The SMILES string of the molecule is O=C(CSc1nc(-c2ccccc2)c(-c2ccccc2)o1)Nc1ccccc1O. The van der Waals surface area contributed by atoms with Gasteiger partial charge in [0.2, 0.25) is 5.91 Å². The molecular weight excluding hydrogens is 384 g/mol. The van der Waals surface area contributed by atoms with E-state index in [-0.39, 0.29) is 17.4 Å². The van der Waals surface area contributed by atoms with Gasteiger partial charge in [-0.3, -0.25) is 4.79 Å². The van der Waals surface area contributed by atoms with E-state index in [1.165, 1.54) is 17.8 Å². The molecule has 0 atom stereocenters. The third-order valence-corrected chi connectivity index (χ3v) is 5.02. The summed E-state index contributed by atoms with van der Waals surface area (Å²) in [4.78, 5) is 16.9. The molecule has 0 unspecified atom stereocenters. The fourth-order valence-corrected chi connectivity index (χ4v) is 3.46. The summed E-state index contributed by atoms with van der Waals surface area (Å²) in [7, 11) is 0. The molecule has 1 amide bonds. The maximum atomic E-state index is 12.3. The standard InChI is InChI=1S/C23H18N2O3S/c26-19-14-8-7-13-18(19)24-20(27)15-29-23-25-21(16-9-3-1-4-10-16)22(28-23)17-11-5-2-6-12-17/h1-14,26H,15H2,(H,24,27). The van der Waals surface area contributed by atoms with Crippen LogP contribution < -0.4 is 5.32 Å². The van der Waals surface area contributed by atoms with Crippen molar-refractivity contribution >= 4 is 23.4 Å². The molecule has 0 saturated heterocycles. The number of aromatic nitrogens is 1. The fraction of sp³-hybridized carbons (Fsp3) is 0.0435. The summed E-state index contributed by atoms with van der Waals surface area (Å²) >= 11 is 1.21. The second-order valence-corrected chi connectivity index (χ2v) is 7.17. The summed E-state index contributed by atoms with van der Waals surface area (Å²) in [5.41, 5.74) is 2.98. The first kappa shape index (κ1) is 18.8. The van der Waals surface area contributed by atoms with E-state index in [0.717, 1.165) is 16.8 Å². The monoisotopic (exact) mass is 402 g/mol. The summed E-state index contributed by atoms with van der Waals surface area (Å²) < 4.78 is 6.00. The number of rotatable bonds is 6. The molecule has 3 aromatic carbocycles. The first-order valence-electron chi connectivity index (χ1n) is 9.03. The molecule has 5 nitrogen and oxygen atoms in total. The van der Waals surface area contributed by atoms with Gasteiger partial charge in [-0.1, -0.05) is 84.6 Å². The minimum Gasteiger partial charge on any atom is -0.506 e. The van der Waals surface area contributed by atoms with Gasteiger partial charge in [-0.25, -0.2) is 4.98 Å². The van der Waals surface area contributed by atoms with Crippen LogP contribution in [-0.4, -0.2) is 21.8 Å². The van der Waals surface area contributed by atoms with Crippen LogP contribution in [0.4, 0.5) is 5.69 Å². The van der Waals surface area contributed by atoms with Crippen LogP contribution in [0, 0.1) is 0 Å². The zero-order valence-electron chi connectivity index (χ0n) is 15.4. The molecule has 0 saturated carbocycles. The zero-order chi connectivity index (χ0) is 20.1. The lowest BCUT2D eigenvalue weighted by Gasteiger charge is -2.05. The van der Waals surface area contributed by atoms with Gasteiger partial charge in [-0.2, -0.15) is 0 Å². The highest BCUT2D eigenvalue weighted by Gasteiger charge is 2.18. The Kier molecular flexibility index (Phi) is 5.63. The Hall–Kier alpha value is -3.51. The van der Waals surface area contributed by atoms with Gasteiger partial charge >= 0.3 is 0 Å². The maximum absolute atomic E-state index is 12.3. The molecule has 2 N–H and O–H groups in total. The number of hydrogen-bond acceptors (Lipinski definition) is 5. The van der Waals surface area contributed by atoms with Gasteiger partial charge in [0, 0.05) is 11.1 Å². The van der Waals surface area contributed by atoms with E-state index in [1.54, 1.807) is 18.2 Å². The predicted molar refractivity (Wildman–Crippen MR) is 115 cm³/mol. The molecule has 0 fully saturated rings. The van der Waals surface area contributed by atoms with Crippen molar-refractivity contribution in [2.45, 2.75) is 5.22 Å². The third kappa shape index (κ3) is 4.50. The quantitative estimate of drug-likeness (QED) is 0.332. The van der Waals surface area contributed by atoms with Crippen molar-refractivity contribution in [1.82, 2.24) is 4.98 Å². The van der Waals surface area contributed by atoms with Crippen LogP contribution in [0.5, 0.6) is 5.75 Å². The summed E-state index contributed by atoms with van der Waals surface area (Å²) in [6, 6.07) is 26.2. The molecule has 1 heterocycles. The normalized spacial score (nSPS) is 10.6. The first-order valence-corrected chi connectivity index (χ1v) is 10.0. The molecule has 0 bridgehead atoms. The smallest absolute Gasteiger partial charge is 0.257 e. The van der Waals surface area contributed by atoms with Gasteiger partial charge in [-0.15, -0.1) is 0 Å². The number of nitrogens with one attached hydrogen (secondary N) is 1. The second-order valence-electron chi connectivity index (χ2n) is 6.24. The van der Waals surface area contributed by atoms with Crippen molar-refractivity contribution in [2.75, 3.05) is 11.1 Å². The number of phenols is 1. The molecule has 6 heteroatoms. The van der Waals surface area contributed by atoms with Crippen molar-refractivity contribution in [3.05, 3.63) is 84.9 Å². The summed E-state index contributed by atoms with van der Waals surface area (Å²) in [5.74, 6) is 0.550. The molecule has 0 spiro atoms. The Balaban J connectivity index is 1.54. The molecule has 0 aliphatic rings. The Bertz CT molecular complexity index is 1050. The molecule has 4 rings (SSSR count). The van der Waals surface area contributed by atoms with Gasteiger partial charge in [0.25, 0.3) is 5.22 Å². The lowest BCUT2D eigenvalue weighted by atomic mass is 10.1. The van der Waals surface area contributed by atoms with E-state index in [4.69, 9.17) is 4.42 Å². The number of thioether (sulfide) groups is 1. The average Bonchev–Trinajstić information content (AvgIpc) is 3.20. The van der Waals surface area contributed by atoms with E-state index < -0.39 is 0 Å². The number of phenolic OH excluding ortho intramolecular Hbond substituents is 1. The topological polar surface area (TPSA) is 75.4 Å². The number of benzene rings is 3. The Morgan fingerprint density at radius 1 is 0.897 bits per heavy atom. The van der Waals surface area contributed by atoms with Crippen LogP contribution in [0.3, 0.4) is 0 Å². The van der Waals surface area contributed by atoms with Crippen LogP contribution >= 0.6 is 11.8 Å². The largest absolute Gasteiger partial charge is 0.506 e. The number of para-hydroxylation sites is 2.